The van der Waals surface area contributed by atoms with Crippen LogP contribution in [0.4, 0.5) is 0 Å². The van der Waals surface area contributed by atoms with Crippen LogP contribution in [0.5, 0.6) is 0 Å². The predicted octanol–water partition coefficient (Wildman–Crippen LogP) is 1.28. The molecule has 0 fully saturated rings. The van der Waals surface area contributed by atoms with E-state index in [1.54, 1.807) is 0 Å². The van der Waals surface area contributed by atoms with Crippen LogP contribution < -0.4 is 0 Å². The van der Waals surface area contributed by atoms with E-state index in [4.69, 9.17) is 9.47 Å². The molecule has 3 heteroatoms. The minimum atomic E-state index is -0.391. The maximum absolute atomic E-state index is 11.2. The van der Waals surface area contributed by atoms with E-state index in [9.17, 15) is 4.79 Å². The molecule has 1 heterocycles. The molecule has 0 aromatic heterocycles. The number of carbonyl (C=O) groups is 1. The maximum Gasteiger partial charge on any atom is 0.335 e. The predicted molar refractivity (Wildman–Crippen MR) is 44.7 cm³/mol. The van der Waals surface area contributed by atoms with E-state index < -0.39 is 6.10 Å². The van der Waals surface area contributed by atoms with Gasteiger partial charge in [0, 0.05) is 6.42 Å². The Morgan fingerprint density at radius 2 is 2.33 bits per heavy atom. The first-order valence-electron chi connectivity index (χ1n) is 4.17. The van der Waals surface area contributed by atoms with Gasteiger partial charge < -0.3 is 9.47 Å². The Hall–Kier alpha value is -0.830. The topological polar surface area (TPSA) is 35.5 Å². The second kappa shape index (κ2) is 4.26. The molecule has 0 bridgehead atoms. The third kappa shape index (κ3) is 2.66. The molecule has 0 amide bonds. The highest BCUT2D eigenvalue weighted by Gasteiger charge is 2.21. The minimum Gasteiger partial charge on any atom is -0.461 e. The Balaban J connectivity index is 2.36. The van der Waals surface area contributed by atoms with Gasteiger partial charge in [0.2, 0.25) is 0 Å². The highest BCUT2D eigenvalue weighted by atomic mass is 16.6. The van der Waals surface area contributed by atoms with Crippen molar-refractivity contribution in [2.75, 3.05) is 6.61 Å². The molecule has 0 aliphatic carbocycles. The highest BCUT2D eigenvalue weighted by Crippen LogP contribution is 2.08. The van der Waals surface area contributed by atoms with E-state index in [0.29, 0.717) is 13.0 Å². The smallest absolute Gasteiger partial charge is 0.335 e. The second-order valence-corrected chi connectivity index (χ2v) is 3.01. The molecule has 1 rings (SSSR count). The van der Waals surface area contributed by atoms with Crippen LogP contribution in [0.2, 0.25) is 0 Å². The summed E-state index contributed by atoms with van der Waals surface area (Å²) in [6.45, 7) is 4.17. The fraction of sp³-hybridized carbons (Fsp3) is 0.667. The van der Waals surface area contributed by atoms with Crippen molar-refractivity contribution >= 4 is 5.97 Å². The highest BCUT2D eigenvalue weighted by molar-refractivity contribution is 5.75. The Kier molecular flexibility index (Phi) is 3.29. The van der Waals surface area contributed by atoms with Crippen LogP contribution in [0.15, 0.2) is 12.2 Å². The van der Waals surface area contributed by atoms with Crippen molar-refractivity contribution in [1.29, 1.82) is 0 Å². The van der Waals surface area contributed by atoms with E-state index in [0.717, 1.165) is 0 Å². The van der Waals surface area contributed by atoms with Gasteiger partial charge in [-0.2, -0.15) is 0 Å². The van der Waals surface area contributed by atoms with Gasteiger partial charge in [0.25, 0.3) is 0 Å². The molecule has 0 spiro atoms. The van der Waals surface area contributed by atoms with Crippen LogP contribution in [0.25, 0.3) is 0 Å². The zero-order valence-corrected chi connectivity index (χ0v) is 7.45. The van der Waals surface area contributed by atoms with E-state index in [2.05, 4.69) is 0 Å². The summed E-state index contributed by atoms with van der Waals surface area (Å²) in [6, 6.07) is 0. The van der Waals surface area contributed by atoms with Crippen LogP contribution in [-0.2, 0) is 14.3 Å². The lowest BCUT2D eigenvalue weighted by atomic mass is 10.2. The summed E-state index contributed by atoms with van der Waals surface area (Å²) in [6.07, 6.45) is 4.02. The van der Waals surface area contributed by atoms with Gasteiger partial charge in [0.05, 0.1) is 12.7 Å². The zero-order valence-electron chi connectivity index (χ0n) is 7.45. The molecule has 3 nitrogen and oxygen atoms in total. The van der Waals surface area contributed by atoms with Crippen molar-refractivity contribution in [2.45, 2.75) is 32.5 Å². The normalized spacial score (nSPS) is 22.8. The molecule has 0 unspecified atom stereocenters. The molecule has 0 saturated heterocycles. The molecular weight excluding hydrogens is 156 g/mol. The van der Waals surface area contributed by atoms with Gasteiger partial charge in [0.15, 0.2) is 6.10 Å². The SMILES string of the molecule is CC(C)OC(=O)[C@@H]1CC=CCO1. The molecule has 0 aromatic rings. The van der Waals surface area contributed by atoms with Crippen molar-refractivity contribution < 1.29 is 14.3 Å². The van der Waals surface area contributed by atoms with Crippen LogP contribution in [0.1, 0.15) is 20.3 Å². The fourth-order valence-corrected chi connectivity index (χ4v) is 1.00. The summed E-state index contributed by atoms with van der Waals surface area (Å²) >= 11 is 0. The molecule has 0 N–H and O–H groups in total. The Bertz CT molecular complexity index is 184. The average Bonchev–Trinajstić information content (AvgIpc) is 2.05. The van der Waals surface area contributed by atoms with Gasteiger partial charge in [-0.25, -0.2) is 4.79 Å². The van der Waals surface area contributed by atoms with Crippen LogP contribution in [0.3, 0.4) is 0 Å². The van der Waals surface area contributed by atoms with E-state index in [1.807, 2.05) is 26.0 Å². The molecule has 0 aromatic carbocycles. The first kappa shape index (κ1) is 9.26. The third-order valence-corrected chi connectivity index (χ3v) is 1.53. The molecule has 1 aliphatic rings. The van der Waals surface area contributed by atoms with Crippen molar-refractivity contribution in [3.63, 3.8) is 0 Å². The van der Waals surface area contributed by atoms with Gasteiger partial charge in [-0.1, -0.05) is 12.2 Å². The van der Waals surface area contributed by atoms with Gasteiger partial charge in [-0.3, -0.25) is 0 Å². The number of rotatable bonds is 2. The summed E-state index contributed by atoms with van der Waals surface area (Å²) < 4.78 is 10.2. The molecule has 12 heavy (non-hydrogen) atoms. The Morgan fingerprint density at radius 1 is 1.58 bits per heavy atom. The van der Waals surface area contributed by atoms with Gasteiger partial charge in [-0.05, 0) is 13.8 Å². The Morgan fingerprint density at radius 3 is 2.83 bits per heavy atom. The van der Waals surface area contributed by atoms with E-state index >= 15 is 0 Å². The lowest BCUT2D eigenvalue weighted by Crippen LogP contribution is -2.29. The maximum atomic E-state index is 11.2. The first-order valence-corrected chi connectivity index (χ1v) is 4.17. The molecule has 68 valence electrons. The molecule has 1 atom stereocenters. The van der Waals surface area contributed by atoms with Gasteiger partial charge in [0.1, 0.15) is 0 Å². The molecule has 0 radical (unpaired) electrons. The van der Waals surface area contributed by atoms with Crippen molar-refractivity contribution in [1.82, 2.24) is 0 Å². The Labute approximate surface area is 72.4 Å². The van der Waals surface area contributed by atoms with Crippen molar-refractivity contribution in [3.05, 3.63) is 12.2 Å². The van der Waals surface area contributed by atoms with Crippen molar-refractivity contribution in [3.8, 4) is 0 Å². The average molecular weight is 170 g/mol. The second-order valence-electron chi connectivity index (χ2n) is 3.01. The summed E-state index contributed by atoms with van der Waals surface area (Å²) in [5.74, 6) is -0.255. The lowest BCUT2D eigenvalue weighted by molar-refractivity contribution is -0.160. The fourth-order valence-electron chi connectivity index (χ4n) is 1.00. The standard InChI is InChI=1S/C9H14O3/c1-7(2)12-9(10)8-5-3-4-6-11-8/h3-4,7-8H,5-6H2,1-2H3/t8-/m0/s1. The van der Waals surface area contributed by atoms with Crippen LogP contribution in [0, 0.1) is 0 Å². The monoisotopic (exact) mass is 170 g/mol. The summed E-state index contributed by atoms with van der Waals surface area (Å²) in [5, 5.41) is 0. The van der Waals surface area contributed by atoms with Crippen LogP contribution in [-0.4, -0.2) is 24.8 Å². The van der Waals surface area contributed by atoms with Crippen LogP contribution >= 0.6 is 0 Å². The number of ether oxygens (including phenoxy) is 2. The van der Waals surface area contributed by atoms with Gasteiger partial charge >= 0.3 is 5.97 Å². The van der Waals surface area contributed by atoms with E-state index in [1.165, 1.54) is 0 Å². The number of hydrogen-bond donors (Lipinski definition) is 0. The number of esters is 1. The molecular formula is C9H14O3. The quantitative estimate of drug-likeness (QED) is 0.462. The first-order chi connectivity index (χ1) is 5.70. The summed E-state index contributed by atoms with van der Waals surface area (Å²) in [5.41, 5.74) is 0. The van der Waals surface area contributed by atoms with Crippen molar-refractivity contribution in [2.24, 2.45) is 0 Å². The molecule has 0 saturated carbocycles. The van der Waals surface area contributed by atoms with Gasteiger partial charge in [-0.15, -0.1) is 0 Å². The zero-order chi connectivity index (χ0) is 8.97. The third-order valence-electron chi connectivity index (χ3n) is 1.53. The number of carbonyl (C=O) groups excluding carboxylic acids is 1. The number of hydrogen-bond acceptors (Lipinski definition) is 3. The molecule has 1 aliphatic heterocycles. The minimum absolute atomic E-state index is 0.0630. The summed E-state index contributed by atoms with van der Waals surface area (Å²) in [7, 11) is 0. The van der Waals surface area contributed by atoms with E-state index in [-0.39, 0.29) is 12.1 Å². The summed E-state index contributed by atoms with van der Waals surface area (Å²) in [4.78, 5) is 11.2. The largest absolute Gasteiger partial charge is 0.461 e. The lowest BCUT2D eigenvalue weighted by Gasteiger charge is -2.18.